The number of anilines is 1. The van der Waals surface area contributed by atoms with Crippen molar-refractivity contribution in [3.8, 4) is 0 Å². The van der Waals surface area contributed by atoms with Crippen LogP contribution in [0.4, 0.5) is 5.69 Å². The third-order valence-electron chi connectivity index (χ3n) is 2.53. The number of halogens is 1. The number of hydrogen-bond acceptors (Lipinski definition) is 5. The zero-order chi connectivity index (χ0) is 16.2. The summed E-state index contributed by atoms with van der Waals surface area (Å²) in [5.74, 6) is -1.93. The van der Waals surface area contributed by atoms with E-state index in [1.165, 1.54) is 12.1 Å². The van der Waals surface area contributed by atoms with Gasteiger partial charge in [0.1, 0.15) is 10.9 Å². The molecular weight excluding hydrogens is 415 g/mol. The first-order chi connectivity index (χ1) is 9.61. The second-order valence-electron chi connectivity index (χ2n) is 4.16. The van der Waals surface area contributed by atoms with E-state index < -0.39 is 32.9 Å². The average molecular weight is 428 g/mol. The van der Waals surface area contributed by atoms with Gasteiger partial charge in [0.15, 0.2) is 0 Å². The summed E-state index contributed by atoms with van der Waals surface area (Å²) >= 11 is 1.91. The maximum Gasteiger partial charge on any atom is 0.326 e. The van der Waals surface area contributed by atoms with Crippen LogP contribution in [-0.4, -0.2) is 36.0 Å². The van der Waals surface area contributed by atoms with Gasteiger partial charge in [0.2, 0.25) is 5.91 Å². The normalized spacial score (nSPS) is 12.7. The molecule has 8 nitrogen and oxygen atoms in total. The summed E-state index contributed by atoms with van der Waals surface area (Å²) < 4.78 is 32.3. The van der Waals surface area contributed by atoms with Gasteiger partial charge in [-0.25, -0.2) is 4.79 Å². The highest BCUT2D eigenvalue weighted by Crippen LogP contribution is 2.25. The van der Waals surface area contributed by atoms with E-state index in [1.807, 2.05) is 22.6 Å². The fourth-order valence-corrected chi connectivity index (χ4v) is 2.70. The van der Waals surface area contributed by atoms with Crippen molar-refractivity contribution in [2.24, 2.45) is 5.73 Å². The van der Waals surface area contributed by atoms with Crippen molar-refractivity contribution in [3.05, 3.63) is 21.8 Å². The van der Waals surface area contributed by atoms with Crippen molar-refractivity contribution in [1.29, 1.82) is 0 Å². The number of carbonyl (C=O) groups is 2. The molecule has 0 unspecified atom stereocenters. The Hall–Kier alpha value is -1.40. The van der Waals surface area contributed by atoms with E-state index in [0.717, 1.165) is 6.07 Å². The number of carboxylic acids is 1. The number of nitrogens with one attached hydrogen (secondary N) is 1. The second-order valence-corrected chi connectivity index (χ2v) is 6.79. The SMILES string of the molecule is NC(=O)CC[C@H](Nc1cc(I)ccc1S(=O)(=O)O)C(=O)O. The Kier molecular flexibility index (Phi) is 5.92. The third kappa shape index (κ3) is 5.47. The van der Waals surface area contributed by atoms with Gasteiger partial charge in [-0.15, -0.1) is 0 Å². The van der Waals surface area contributed by atoms with Crippen LogP contribution in [-0.2, 0) is 19.7 Å². The van der Waals surface area contributed by atoms with Crippen molar-refractivity contribution in [3.63, 3.8) is 0 Å². The fraction of sp³-hybridized carbons (Fsp3) is 0.273. The topological polar surface area (TPSA) is 147 Å². The number of carboxylic acid groups (broad SMARTS) is 1. The lowest BCUT2D eigenvalue weighted by atomic mass is 10.1. The number of hydrogen-bond donors (Lipinski definition) is 4. The molecule has 116 valence electrons. The molecular formula is C11H13IN2O6S. The van der Waals surface area contributed by atoms with Gasteiger partial charge < -0.3 is 16.2 Å². The molecule has 0 fully saturated rings. The predicted molar refractivity (Wildman–Crippen MR) is 82.4 cm³/mol. The van der Waals surface area contributed by atoms with Gasteiger partial charge in [-0.05, 0) is 47.2 Å². The molecule has 1 amide bonds. The number of aliphatic carboxylic acids is 1. The summed E-state index contributed by atoms with van der Waals surface area (Å²) in [6.45, 7) is 0. The summed E-state index contributed by atoms with van der Waals surface area (Å²) in [6.07, 6.45) is -0.282. The van der Waals surface area contributed by atoms with E-state index in [0.29, 0.717) is 3.57 Å². The maximum absolute atomic E-state index is 11.3. The second kappa shape index (κ2) is 7.04. The van der Waals surface area contributed by atoms with Crippen molar-refractivity contribution < 1.29 is 27.7 Å². The summed E-state index contributed by atoms with van der Waals surface area (Å²) in [4.78, 5) is 21.4. The number of amides is 1. The molecule has 1 rings (SSSR count). The first-order valence-electron chi connectivity index (χ1n) is 5.66. The van der Waals surface area contributed by atoms with Gasteiger partial charge in [-0.3, -0.25) is 9.35 Å². The highest BCUT2D eigenvalue weighted by atomic mass is 127. The number of rotatable bonds is 7. The summed E-state index contributed by atoms with van der Waals surface area (Å²) in [5, 5.41) is 11.6. The largest absolute Gasteiger partial charge is 0.480 e. The van der Waals surface area contributed by atoms with Crippen molar-refractivity contribution in [2.45, 2.75) is 23.8 Å². The summed E-state index contributed by atoms with van der Waals surface area (Å²) in [6, 6.07) is 2.78. The highest BCUT2D eigenvalue weighted by molar-refractivity contribution is 14.1. The molecule has 0 bridgehead atoms. The third-order valence-corrected chi connectivity index (χ3v) is 4.11. The first-order valence-corrected chi connectivity index (χ1v) is 8.18. The van der Waals surface area contributed by atoms with Crippen LogP contribution in [0.2, 0.25) is 0 Å². The van der Waals surface area contributed by atoms with Gasteiger partial charge in [0.05, 0.1) is 5.69 Å². The van der Waals surface area contributed by atoms with E-state index in [9.17, 15) is 18.0 Å². The van der Waals surface area contributed by atoms with E-state index in [1.54, 1.807) is 0 Å². The van der Waals surface area contributed by atoms with Crippen molar-refractivity contribution in [2.75, 3.05) is 5.32 Å². The van der Waals surface area contributed by atoms with Crippen LogP contribution >= 0.6 is 22.6 Å². The minimum atomic E-state index is -4.50. The van der Waals surface area contributed by atoms with Crippen molar-refractivity contribution >= 4 is 50.3 Å². The number of primary amides is 1. The fourth-order valence-electron chi connectivity index (χ4n) is 1.57. The van der Waals surface area contributed by atoms with Crippen LogP contribution in [0, 0.1) is 3.57 Å². The monoisotopic (exact) mass is 428 g/mol. The number of carbonyl (C=O) groups excluding carboxylic acids is 1. The van der Waals surface area contributed by atoms with Gasteiger partial charge in [0, 0.05) is 9.99 Å². The average Bonchev–Trinajstić information content (AvgIpc) is 2.32. The van der Waals surface area contributed by atoms with Crippen molar-refractivity contribution in [1.82, 2.24) is 0 Å². The highest BCUT2D eigenvalue weighted by Gasteiger charge is 2.22. The molecule has 5 N–H and O–H groups in total. The molecule has 0 radical (unpaired) electrons. The molecule has 1 atom stereocenters. The lowest BCUT2D eigenvalue weighted by Gasteiger charge is -2.17. The quantitative estimate of drug-likeness (QED) is 0.369. The number of benzene rings is 1. The van der Waals surface area contributed by atoms with Gasteiger partial charge in [0.25, 0.3) is 10.1 Å². The molecule has 0 saturated carbocycles. The maximum atomic E-state index is 11.3. The van der Waals surface area contributed by atoms with E-state index in [4.69, 9.17) is 15.4 Å². The first kappa shape index (κ1) is 17.7. The van der Waals surface area contributed by atoms with E-state index in [-0.39, 0.29) is 18.5 Å². The molecule has 0 aliphatic carbocycles. The Morgan fingerprint density at radius 1 is 1.38 bits per heavy atom. The lowest BCUT2D eigenvalue weighted by Crippen LogP contribution is -2.31. The Morgan fingerprint density at radius 2 is 2.00 bits per heavy atom. The standard InChI is InChI=1S/C11H13IN2O6S/c12-6-1-3-9(21(18,19)20)8(5-6)14-7(11(16)17)2-4-10(13)15/h1,3,5,7,14H,2,4H2,(H2,13,15)(H,16,17)(H,18,19,20)/t7-/m0/s1. The predicted octanol–water partition coefficient (Wildman–Crippen LogP) is 0.668. The van der Waals surface area contributed by atoms with Crippen LogP contribution in [0.5, 0.6) is 0 Å². The smallest absolute Gasteiger partial charge is 0.326 e. The van der Waals surface area contributed by atoms with Crippen LogP contribution in [0.15, 0.2) is 23.1 Å². The van der Waals surface area contributed by atoms with Gasteiger partial charge in [-0.1, -0.05) is 0 Å². The molecule has 0 aliphatic heterocycles. The molecule has 0 aromatic heterocycles. The Labute approximate surface area is 134 Å². The Balaban J connectivity index is 3.11. The minimum Gasteiger partial charge on any atom is -0.480 e. The van der Waals surface area contributed by atoms with Crippen LogP contribution < -0.4 is 11.1 Å². The summed E-state index contributed by atoms with van der Waals surface area (Å²) in [5.41, 5.74) is 4.91. The van der Waals surface area contributed by atoms with Gasteiger partial charge in [-0.2, -0.15) is 8.42 Å². The molecule has 1 aromatic carbocycles. The lowest BCUT2D eigenvalue weighted by molar-refractivity contribution is -0.138. The molecule has 0 spiro atoms. The van der Waals surface area contributed by atoms with Crippen LogP contribution in [0.3, 0.4) is 0 Å². The molecule has 0 aliphatic rings. The zero-order valence-electron chi connectivity index (χ0n) is 10.6. The Morgan fingerprint density at radius 3 is 2.48 bits per heavy atom. The minimum absolute atomic E-state index is 0.0544. The van der Waals surface area contributed by atoms with E-state index in [2.05, 4.69) is 5.32 Å². The molecule has 21 heavy (non-hydrogen) atoms. The zero-order valence-corrected chi connectivity index (χ0v) is 13.6. The molecule has 0 saturated heterocycles. The molecule has 1 aromatic rings. The molecule has 10 heteroatoms. The van der Waals surface area contributed by atoms with E-state index >= 15 is 0 Å². The summed E-state index contributed by atoms with van der Waals surface area (Å²) in [7, 11) is -4.50. The van der Waals surface area contributed by atoms with Crippen LogP contribution in [0.1, 0.15) is 12.8 Å². The molecule has 0 heterocycles. The Bertz CT molecular complexity index is 661. The van der Waals surface area contributed by atoms with Gasteiger partial charge >= 0.3 is 5.97 Å². The number of nitrogens with two attached hydrogens (primary N) is 1. The van der Waals surface area contributed by atoms with Crippen LogP contribution in [0.25, 0.3) is 0 Å².